The van der Waals surface area contributed by atoms with E-state index in [9.17, 15) is 28.8 Å². The molecule has 0 aromatic heterocycles. The Kier molecular flexibility index (Phi) is 10.00. The number of carbonyl (C=O) groups is 6. The number of hydroxylamine groups is 2. The predicted octanol–water partition coefficient (Wildman–Crippen LogP) is 1.71. The van der Waals surface area contributed by atoms with Gasteiger partial charge < -0.3 is 19.6 Å². The van der Waals surface area contributed by atoms with Crippen molar-refractivity contribution in [2.45, 2.75) is 104 Å². The lowest BCUT2D eigenvalue weighted by atomic mass is 10.1. The molecule has 0 aliphatic carbocycles. The van der Waals surface area contributed by atoms with Crippen molar-refractivity contribution in [1.82, 2.24) is 10.4 Å². The zero-order valence-corrected chi connectivity index (χ0v) is 20.1. The van der Waals surface area contributed by atoms with Gasteiger partial charge in [-0.3, -0.25) is 19.2 Å². The molecule has 0 bridgehead atoms. The minimum atomic E-state index is -1.16. The van der Waals surface area contributed by atoms with E-state index < -0.39 is 52.9 Å². The maximum absolute atomic E-state index is 12.5. The van der Waals surface area contributed by atoms with Crippen molar-refractivity contribution < 1.29 is 43.1 Å². The number of nitrogens with zero attached hydrogens (tertiary/aromatic N) is 1. The van der Waals surface area contributed by atoms with Gasteiger partial charge >= 0.3 is 17.9 Å². The average molecular weight is 471 g/mol. The monoisotopic (exact) mass is 470 g/mol. The Morgan fingerprint density at radius 1 is 0.848 bits per heavy atom. The fraction of sp³-hybridized carbons (Fsp3) is 0.727. The molecule has 11 heteroatoms. The van der Waals surface area contributed by atoms with Gasteiger partial charge in [0, 0.05) is 25.7 Å². The predicted molar refractivity (Wildman–Crippen MR) is 114 cm³/mol. The fourth-order valence-electron chi connectivity index (χ4n) is 2.74. The van der Waals surface area contributed by atoms with Crippen molar-refractivity contribution in [3.8, 4) is 0 Å². The molecule has 0 aromatic carbocycles. The molecule has 1 atom stereocenters. The first kappa shape index (κ1) is 28.1. The maximum atomic E-state index is 12.5. The van der Waals surface area contributed by atoms with Crippen LogP contribution in [0.25, 0.3) is 0 Å². The third kappa shape index (κ3) is 11.4. The summed E-state index contributed by atoms with van der Waals surface area (Å²) in [4.78, 5) is 76.6. The number of hydrogen-bond acceptors (Lipinski definition) is 9. The molecular weight excluding hydrogens is 436 g/mol. The summed E-state index contributed by atoms with van der Waals surface area (Å²) < 4.78 is 10.5. The minimum Gasteiger partial charge on any atom is -0.460 e. The Bertz CT molecular complexity index is 762. The highest BCUT2D eigenvalue weighted by Crippen LogP contribution is 2.15. The molecule has 0 saturated carbocycles. The first-order chi connectivity index (χ1) is 15.1. The number of carbonyl (C=O) groups excluding carboxylic acids is 6. The Hall–Kier alpha value is -2.98. The van der Waals surface area contributed by atoms with Gasteiger partial charge in [0.2, 0.25) is 5.91 Å². The summed E-state index contributed by atoms with van der Waals surface area (Å²) in [6, 6.07) is -1.16. The summed E-state index contributed by atoms with van der Waals surface area (Å²) in [5.41, 5.74) is -1.45. The number of rotatable bonds is 10. The third-order valence-corrected chi connectivity index (χ3v) is 4.07. The first-order valence-electron chi connectivity index (χ1n) is 10.9. The number of imide groups is 1. The molecule has 1 aliphatic rings. The Morgan fingerprint density at radius 2 is 1.39 bits per heavy atom. The molecule has 1 heterocycles. The lowest BCUT2D eigenvalue weighted by Crippen LogP contribution is -2.44. The Labute approximate surface area is 193 Å². The van der Waals surface area contributed by atoms with E-state index >= 15 is 0 Å². The second kappa shape index (κ2) is 11.8. The van der Waals surface area contributed by atoms with Crippen molar-refractivity contribution >= 4 is 35.6 Å². The van der Waals surface area contributed by atoms with Gasteiger partial charge in [-0.1, -0.05) is 0 Å². The summed E-state index contributed by atoms with van der Waals surface area (Å²) in [5, 5.41) is 2.92. The van der Waals surface area contributed by atoms with Crippen LogP contribution in [0.3, 0.4) is 0 Å². The van der Waals surface area contributed by atoms with E-state index in [2.05, 4.69) is 5.32 Å². The van der Waals surface area contributed by atoms with E-state index in [1.807, 2.05) is 0 Å². The fourth-order valence-corrected chi connectivity index (χ4v) is 2.74. The highest BCUT2D eigenvalue weighted by molar-refractivity contribution is 6.01. The van der Waals surface area contributed by atoms with Crippen LogP contribution in [0.1, 0.15) is 86.5 Å². The zero-order valence-electron chi connectivity index (χ0n) is 20.1. The van der Waals surface area contributed by atoms with E-state index in [0.29, 0.717) is 5.06 Å². The number of esters is 2. The van der Waals surface area contributed by atoms with Crippen LogP contribution in [0.2, 0.25) is 0 Å². The van der Waals surface area contributed by atoms with Crippen LogP contribution in [0, 0.1) is 0 Å². The maximum Gasteiger partial charge on any atom is 0.333 e. The van der Waals surface area contributed by atoms with E-state index in [1.165, 1.54) is 0 Å². The van der Waals surface area contributed by atoms with E-state index in [0.717, 1.165) is 0 Å². The molecule has 0 radical (unpaired) electrons. The molecule has 1 saturated heterocycles. The van der Waals surface area contributed by atoms with Gasteiger partial charge in [-0.2, -0.15) is 0 Å². The molecule has 0 aromatic rings. The molecule has 33 heavy (non-hydrogen) atoms. The van der Waals surface area contributed by atoms with Crippen LogP contribution >= 0.6 is 0 Å². The molecule has 1 N–H and O–H groups in total. The minimum absolute atomic E-state index is 0.0337. The van der Waals surface area contributed by atoms with Gasteiger partial charge in [-0.15, -0.1) is 5.06 Å². The average Bonchev–Trinajstić information content (AvgIpc) is 2.94. The van der Waals surface area contributed by atoms with Crippen LogP contribution < -0.4 is 5.32 Å². The second-order valence-electron chi connectivity index (χ2n) is 9.68. The Balaban J connectivity index is 2.62. The molecule has 0 unspecified atom stereocenters. The number of ether oxygens (including phenoxy) is 2. The first-order valence-corrected chi connectivity index (χ1v) is 10.9. The SMILES string of the molecule is CC(C)(C)OC(=O)CCCC(=O)N[C@H](CCC(=O)ON1C(=O)CCC1=O)C(=O)OC(C)(C)C. The number of nitrogens with one attached hydrogen (secondary N) is 1. The van der Waals surface area contributed by atoms with Crippen LogP contribution in [0.15, 0.2) is 0 Å². The van der Waals surface area contributed by atoms with Crippen molar-refractivity contribution in [2.75, 3.05) is 0 Å². The van der Waals surface area contributed by atoms with Gasteiger partial charge in [-0.05, 0) is 54.4 Å². The second-order valence-corrected chi connectivity index (χ2v) is 9.68. The van der Waals surface area contributed by atoms with Gasteiger partial charge in [0.05, 0.1) is 6.42 Å². The third-order valence-electron chi connectivity index (χ3n) is 4.07. The zero-order chi connectivity index (χ0) is 25.4. The van der Waals surface area contributed by atoms with Crippen molar-refractivity contribution in [1.29, 1.82) is 0 Å². The smallest absolute Gasteiger partial charge is 0.333 e. The van der Waals surface area contributed by atoms with E-state index in [4.69, 9.17) is 14.3 Å². The van der Waals surface area contributed by atoms with E-state index in [-0.39, 0.29) is 44.9 Å². The van der Waals surface area contributed by atoms with Crippen molar-refractivity contribution in [2.24, 2.45) is 0 Å². The highest BCUT2D eigenvalue weighted by Gasteiger charge is 2.33. The standard InChI is InChI=1S/C22H34N2O9/c1-21(2,3)31-18(28)9-7-8-15(25)23-14(20(30)32-22(4,5)6)10-13-19(29)33-24-16(26)11-12-17(24)27/h14H,7-13H2,1-6H3,(H,23,25)/t14-/m1/s1. The molecule has 186 valence electrons. The number of amides is 3. The number of hydrogen-bond donors (Lipinski definition) is 1. The molecule has 1 aliphatic heterocycles. The highest BCUT2D eigenvalue weighted by atomic mass is 16.7. The van der Waals surface area contributed by atoms with Gasteiger partial charge in [0.1, 0.15) is 17.2 Å². The molecule has 11 nitrogen and oxygen atoms in total. The molecule has 1 rings (SSSR count). The quantitative estimate of drug-likeness (QED) is 0.372. The molecular formula is C22H34N2O9. The summed E-state index contributed by atoms with van der Waals surface area (Å²) in [7, 11) is 0. The summed E-state index contributed by atoms with van der Waals surface area (Å²) in [6.07, 6.45) is -0.381. The molecule has 1 fully saturated rings. The normalized spacial score (nSPS) is 15.2. The molecule has 3 amide bonds. The largest absolute Gasteiger partial charge is 0.460 e. The van der Waals surface area contributed by atoms with Crippen LogP contribution in [0.4, 0.5) is 0 Å². The van der Waals surface area contributed by atoms with E-state index in [1.54, 1.807) is 41.5 Å². The summed E-state index contributed by atoms with van der Waals surface area (Å²) in [6.45, 7) is 10.2. The Morgan fingerprint density at radius 3 is 1.91 bits per heavy atom. The lowest BCUT2D eigenvalue weighted by molar-refractivity contribution is -0.197. The van der Waals surface area contributed by atoms with Crippen molar-refractivity contribution in [3.63, 3.8) is 0 Å². The lowest BCUT2D eigenvalue weighted by Gasteiger charge is -2.24. The van der Waals surface area contributed by atoms with Crippen molar-refractivity contribution in [3.05, 3.63) is 0 Å². The van der Waals surface area contributed by atoms with Gasteiger partial charge in [0.15, 0.2) is 0 Å². The van der Waals surface area contributed by atoms with Crippen LogP contribution in [-0.2, 0) is 43.1 Å². The van der Waals surface area contributed by atoms with Gasteiger partial charge in [-0.25, -0.2) is 9.59 Å². The van der Waals surface area contributed by atoms with Crippen LogP contribution in [-0.4, -0.2) is 57.9 Å². The summed E-state index contributed by atoms with van der Waals surface area (Å²) >= 11 is 0. The molecule has 0 spiro atoms. The van der Waals surface area contributed by atoms with Crippen LogP contribution in [0.5, 0.6) is 0 Å². The summed E-state index contributed by atoms with van der Waals surface area (Å²) in [5.74, 6) is -3.82. The van der Waals surface area contributed by atoms with Gasteiger partial charge in [0.25, 0.3) is 11.8 Å². The topological polar surface area (TPSA) is 145 Å².